The number of carbonyl (C=O) groups is 1. The molecule has 0 bridgehead atoms. The van der Waals surface area contributed by atoms with E-state index in [0.717, 1.165) is 22.5 Å². The summed E-state index contributed by atoms with van der Waals surface area (Å²) in [5.74, 6) is 0.0858. The fourth-order valence-corrected chi connectivity index (χ4v) is 2.81. The Kier molecular flexibility index (Phi) is 4.02. The quantitative estimate of drug-likeness (QED) is 0.775. The van der Waals surface area contributed by atoms with Gasteiger partial charge in [-0.1, -0.05) is 5.21 Å². The molecule has 4 rings (SSSR count). The summed E-state index contributed by atoms with van der Waals surface area (Å²) >= 11 is 0. The molecule has 1 unspecified atom stereocenters. The fourth-order valence-electron chi connectivity index (χ4n) is 2.81. The van der Waals surface area contributed by atoms with Crippen molar-refractivity contribution in [2.45, 2.75) is 26.2 Å². The number of furan rings is 1. The van der Waals surface area contributed by atoms with Gasteiger partial charge < -0.3 is 14.5 Å². The second kappa shape index (κ2) is 6.48. The SMILES string of the molecule is Cc1ccoc1C(=O)NCC1Cn2nnc(-c3cccnc3)c2CO1. The summed E-state index contributed by atoms with van der Waals surface area (Å²) in [5, 5.41) is 11.3. The van der Waals surface area contributed by atoms with Crippen LogP contribution >= 0.6 is 0 Å². The maximum atomic E-state index is 12.1. The molecule has 1 N–H and O–H groups in total. The van der Waals surface area contributed by atoms with Crippen LogP contribution < -0.4 is 5.32 Å². The third-order valence-electron chi connectivity index (χ3n) is 4.16. The Bertz CT molecular complexity index is 887. The minimum Gasteiger partial charge on any atom is -0.459 e. The molecule has 3 aromatic heterocycles. The lowest BCUT2D eigenvalue weighted by Gasteiger charge is -2.24. The van der Waals surface area contributed by atoms with Crippen LogP contribution in [-0.4, -0.2) is 38.5 Å². The summed E-state index contributed by atoms with van der Waals surface area (Å²) in [6, 6.07) is 5.56. The van der Waals surface area contributed by atoms with Gasteiger partial charge in [0, 0.05) is 30.1 Å². The molecular weight excluding hydrogens is 322 g/mol. The van der Waals surface area contributed by atoms with Gasteiger partial charge in [-0.2, -0.15) is 0 Å². The standard InChI is InChI=1S/C17H17N5O3/c1-11-4-6-24-16(11)17(23)19-8-13-9-22-14(10-25-13)15(20-21-22)12-3-2-5-18-7-12/h2-7,13H,8-10H2,1H3,(H,19,23). The van der Waals surface area contributed by atoms with Crippen molar-refractivity contribution in [3.05, 3.63) is 53.9 Å². The zero-order chi connectivity index (χ0) is 17.2. The number of aromatic nitrogens is 4. The van der Waals surface area contributed by atoms with E-state index in [1.165, 1.54) is 6.26 Å². The van der Waals surface area contributed by atoms with Crippen LogP contribution in [-0.2, 0) is 17.9 Å². The van der Waals surface area contributed by atoms with Crippen molar-refractivity contribution in [3.8, 4) is 11.3 Å². The molecule has 0 saturated heterocycles. The van der Waals surface area contributed by atoms with Crippen molar-refractivity contribution in [3.63, 3.8) is 0 Å². The number of hydrogen-bond donors (Lipinski definition) is 1. The normalized spacial score (nSPS) is 16.4. The van der Waals surface area contributed by atoms with Crippen LogP contribution in [0.3, 0.4) is 0 Å². The maximum Gasteiger partial charge on any atom is 0.287 e. The second-order valence-electron chi connectivity index (χ2n) is 5.88. The van der Waals surface area contributed by atoms with Crippen molar-refractivity contribution in [2.24, 2.45) is 0 Å². The Balaban J connectivity index is 1.41. The summed E-state index contributed by atoms with van der Waals surface area (Å²) in [6.45, 7) is 3.12. The number of nitrogens with zero attached hydrogens (tertiary/aromatic N) is 4. The molecule has 4 heterocycles. The lowest BCUT2D eigenvalue weighted by atomic mass is 10.1. The number of carbonyl (C=O) groups excluding carboxylic acids is 1. The number of hydrogen-bond acceptors (Lipinski definition) is 6. The third kappa shape index (κ3) is 3.03. The first-order chi connectivity index (χ1) is 12.2. The van der Waals surface area contributed by atoms with Gasteiger partial charge in [0.05, 0.1) is 31.2 Å². The summed E-state index contributed by atoms with van der Waals surface area (Å²) in [6.07, 6.45) is 4.80. The van der Waals surface area contributed by atoms with E-state index in [1.807, 2.05) is 23.7 Å². The van der Waals surface area contributed by atoms with Crippen LogP contribution in [0.15, 0.2) is 41.3 Å². The summed E-state index contributed by atoms with van der Waals surface area (Å²) < 4.78 is 12.9. The van der Waals surface area contributed by atoms with E-state index in [1.54, 1.807) is 18.5 Å². The monoisotopic (exact) mass is 339 g/mol. The molecule has 8 heteroatoms. The largest absolute Gasteiger partial charge is 0.459 e. The Morgan fingerprint density at radius 3 is 3.12 bits per heavy atom. The third-order valence-corrected chi connectivity index (χ3v) is 4.16. The average molecular weight is 339 g/mol. The van der Waals surface area contributed by atoms with E-state index in [2.05, 4.69) is 20.6 Å². The Morgan fingerprint density at radius 1 is 1.44 bits per heavy atom. The van der Waals surface area contributed by atoms with Crippen molar-refractivity contribution in [2.75, 3.05) is 6.54 Å². The molecule has 0 aliphatic carbocycles. The summed E-state index contributed by atoms with van der Waals surface area (Å²) in [4.78, 5) is 16.2. The number of aryl methyl sites for hydroxylation is 1. The highest BCUT2D eigenvalue weighted by molar-refractivity contribution is 5.92. The zero-order valence-electron chi connectivity index (χ0n) is 13.7. The molecule has 0 aromatic carbocycles. The number of nitrogens with one attached hydrogen (secondary N) is 1. The van der Waals surface area contributed by atoms with Gasteiger partial charge in [0.1, 0.15) is 5.69 Å². The molecule has 1 atom stereocenters. The van der Waals surface area contributed by atoms with Gasteiger partial charge >= 0.3 is 0 Å². The second-order valence-corrected chi connectivity index (χ2v) is 5.88. The maximum absolute atomic E-state index is 12.1. The highest BCUT2D eigenvalue weighted by Gasteiger charge is 2.25. The number of pyridine rings is 1. The Morgan fingerprint density at radius 2 is 2.36 bits per heavy atom. The number of rotatable bonds is 4. The molecule has 1 aliphatic rings. The lowest BCUT2D eigenvalue weighted by Crippen LogP contribution is -2.39. The molecule has 1 aliphatic heterocycles. The zero-order valence-corrected chi connectivity index (χ0v) is 13.7. The van der Waals surface area contributed by atoms with Crippen molar-refractivity contribution < 1.29 is 13.9 Å². The van der Waals surface area contributed by atoms with Gasteiger partial charge in [-0.15, -0.1) is 5.10 Å². The number of fused-ring (bicyclic) bond motifs is 1. The molecule has 3 aromatic rings. The van der Waals surface area contributed by atoms with Crippen LogP contribution in [0, 0.1) is 6.92 Å². The van der Waals surface area contributed by atoms with Crippen molar-refractivity contribution in [1.82, 2.24) is 25.3 Å². The predicted octanol–water partition coefficient (Wildman–Crippen LogP) is 1.57. The Labute approximate surface area is 143 Å². The summed E-state index contributed by atoms with van der Waals surface area (Å²) in [5.41, 5.74) is 3.41. The van der Waals surface area contributed by atoms with Gasteiger partial charge in [0.2, 0.25) is 0 Å². The minimum atomic E-state index is -0.244. The van der Waals surface area contributed by atoms with E-state index in [9.17, 15) is 4.79 Å². The first-order valence-electron chi connectivity index (χ1n) is 7.99. The molecule has 128 valence electrons. The molecular formula is C17H17N5O3. The first kappa shape index (κ1) is 15.5. The van der Waals surface area contributed by atoms with Gasteiger partial charge in [-0.25, -0.2) is 4.68 Å². The average Bonchev–Trinajstić information content (AvgIpc) is 3.26. The van der Waals surface area contributed by atoms with Crippen LogP contribution in [0.25, 0.3) is 11.3 Å². The Hall–Kier alpha value is -3.00. The van der Waals surface area contributed by atoms with Crippen LogP contribution in [0.5, 0.6) is 0 Å². The van der Waals surface area contributed by atoms with E-state index < -0.39 is 0 Å². The van der Waals surface area contributed by atoms with Crippen LogP contribution in [0.4, 0.5) is 0 Å². The molecule has 0 fully saturated rings. The fraction of sp³-hybridized carbons (Fsp3) is 0.294. The highest BCUT2D eigenvalue weighted by atomic mass is 16.5. The smallest absolute Gasteiger partial charge is 0.287 e. The van der Waals surface area contributed by atoms with E-state index in [4.69, 9.17) is 9.15 Å². The van der Waals surface area contributed by atoms with Crippen molar-refractivity contribution >= 4 is 5.91 Å². The topological polar surface area (TPSA) is 95.1 Å². The van der Waals surface area contributed by atoms with Crippen molar-refractivity contribution in [1.29, 1.82) is 0 Å². The minimum absolute atomic E-state index is 0.171. The van der Waals surface area contributed by atoms with E-state index in [0.29, 0.717) is 25.5 Å². The molecule has 0 saturated carbocycles. The molecule has 25 heavy (non-hydrogen) atoms. The number of ether oxygens (including phenoxy) is 1. The van der Waals surface area contributed by atoms with Gasteiger partial charge in [0.15, 0.2) is 5.76 Å². The molecule has 1 amide bonds. The highest BCUT2D eigenvalue weighted by Crippen LogP contribution is 2.24. The van der Waals surface area contributed by atoms with Crippen LogP contribution in [0.1, 0.15) is 21.8 Å². The van der Waals surface area contributed by atoms with Gasteiger partial charge in [0.25, 0.3) is 5.91 Å². The lowest BCUT2D eigenvalue weighted by molar-refractivity contribution is 0.00162. The predicted molar refractivity (Wildman–Crippen MR) is 87.6 cm³/mol. The van der Waals surface area contributed by atoms with Gasteiger partial charge in [-0.3, -0.25) is 9.78 Å². The van der Waals surface area contributed by atoms with Gasteiger partial charge in [-0.05, 0) is 25.1 Å². The summed E-state index contributed by atoms with van der Waals surface area (Å²) in [7, 11) is 0. The van der Waals surface area contributed by atoms with E-state index in [-0.39, 0.29) is 12.0 Å². The molecule has 0 radical (unpaired) electrons. The molecule has 0 spiro atoms. The number of amides is 1. The van der Waals surface area contributed by atoms with E-state index >= 15 is 0 Å². The van der Waals surface area contributed by atoms with Crippen LogP contribution in [0.2, 0.25) is 0 Å². The first-order valence-corrected chi connectivity index (χ1v) is 7.99. The molecule has 8 nitrogen and oxygen atoms in total.